The van der Waals surface area contributed by atoms with Crippen molar-refractivity contribution >= 4 is 29.9 Å². The molecule has 7 nitrogen and oxygen atoms in total. The third-order valence-electron chi connectivity index (χ3n) is 5.38. The molecule has 0 amide bonds. The van der Waals surface area contributed by atoms with Crippen LogP contribution in [0.2, 0.25) is 0 Å². The van der Waals surface area contributed by atoms with Crippen molar-refractivity contribution in [3.63, 3.8) is 0 Å². The third kappa shape index (κ3) is 7.99. The van der Waals surface area contributed by atoms with E-state index in [2.05, 4.69) is 57.7 Å². The number of nitrogens with one attached hydrogen (secondary N) is 2. The largest absolute Gasteiger partial charge is 0.491 e. The van der Waals surface area contributed by atoms with Crippen LogP contribution in [0.1, 0.15) is 55.5 Å². The highest BCUT2D eigenvalue weighted by molar-refractivity contribution is 14.0. The summed E-state index contributed by atoms with van der Waals surface area (Å²) in [6.45, 7) is 7.16. The van der Waals surface area contributed by atoms with Crippen LogP contribution in [-0.2, 0) is 17.8 Å². The van der Waals surface area contributed by atoms with Gasteiger partial charge in [0.25, 0.3) is 0 Å². The molecule has 1 aromatic heterocycles. The van der Waals surface area contributed by atoms with Gasteiger partial charge in [0.15, 0.2) is 5.96 Å². The summed E-state index contributed by atoms with van der Waals surface area (Å²) in [6, 6.07) is 8.91. The normalized spacial score (nSPS) is 14.4. The molecule has 0 aliphatic heterocycles. The summed E-state index contributed by atoms with van der Waals surface area (Å²) in [5.74, 6) is 1.62. The Bertz CT molecular complexity index is 818. The van der Waals surface area contributed by atoms with E-state index < -0.39 is 0 Å². The van der Waals surface area contributed by atoms with Gasteiger partial charge < -0.3 is 20.1 Å². The number of hydrogen-bond donors (Lipinski definition) is 2. The SMILES string of the molecule is CCOCCOc1cc(C)ccc1CNC(=NC)NCc1ccn(C2CCCC2)n1.I. The summed E-state index contributed by atoms with van der Waals surface area (Å²) in [5.41, 5.74) is 3.29. The van der Waals surface area contributed by atoms with Crippen LogP contribution in [0, 0.1) is 6.92 Å². The van der Waals surface area contributed by atoms with Gasteiger partial charge in [-0.05, 0) is 44.4 Å². The second kappa shape index (κ2) is 13.6. The highest BCUT2D eigenvalue weighted by Crippen LogP contribution is 2.28. The van der Waals surface area contributed by atoms with Gasteiger partial charge in [-0.2, -0.15) is 5.10 Å². The number of guanidine groups is 1. The van der Waals surface area contributed by atoms with Crippen molar-refractivity contribution in [2.75, 3.05) is 26.9 Å². The van der Waals surface area contributed by atoms with Crippen molar-refractivity contribution in [2.24, 2.45) is 4.99 Å². The average Bonchev–Trinajstić information content (AvgIpc) is 3.44. The number of aliphatic imine (C=N–C) groups is 1. The first-order chi connectivity index (χ1) is 14.7. The number of halogens is 1. The van der Waals surface area contributed by atoms with Gasteiger partial charge in [0.2, 0.25) is 0 Å². The van der Waals surface area contributed by atoms with E-state index in [1.165, 1.54) is 31.2 Å². The van der Waals surface area contributed by atoms with E-state index in [1.807, 2.05) is 6.92 Å². The summed E-state index contributed by atoms with van der Waals surface area (Å²) >= 11 is 0. The fourth-order valence-electron chi connectivity index (χ4n) is 3.71. The van der Waals surface area contributed by atoms with Crippen molar-refractivity contribution in [2.45, 2.75) is 58.7 Å². The minimum absolute atomic E-state index is 0. The van der Waals surface area contributed by atoms with Gasteiger partial charge in [-0.15, -0.1) is 24.0 Å². The van der Waals surface area contributed by atoms with Crippen LogP contribution < -0.4 is 15.4 Å². The molecule has 0 spiro atoms. The Morgan fingerprint density at radius 2 is 1.94 bits per heavy atom. The molecule has 0 saturated heterocycles. The van der Waals surface area contributed by atoms with Crippen LogP contribution in [0.25, 0.3) is 0 Å². The second-order valence-corrected chi connectivity index (χ2v) is 7.66. The maximum Gasteiger partial charge on any atom is 0.191 e. The van der Waals surface area contributed by atoms with Gasteiger partial charge in [-0.25, -0.2) is 0 Å². The fraction of sp³-hybridized carbons (Fsp3) is 0.565. The van der Waals surface area contributed by atoms with Gasteiger partial charge in [0.1, 0.15) is 12.4 Å². The van der Waals surface area contributed by atoms with Gasteiger partial charge in [0.05, 0.1) is 24.9 Å². The Kier molecular flexibility index (Phi) is 11.1. The van der Waals surface area contributed by atoms with E-state index in [0.717, 1.165) is 23.0 Å². The van der Waals surface area contributed by atoms with E-state index in [0.29, 0.717) is 39.0 Å². The number of rotatable bonds is 10. The number of aromatic nitrogens is 2. The van der Waals surface area contributed by atoms with Gasteiger partial charge in [-0.1, -0.05) is 25.0 Å². The lowest BCUT2D eigenvalue weighted by Crippen LogP contribution is -2.36. The zero-order valence-corrected chi connectivity index (χ0v) is 21.2. The van der Waals surface area contributed by atoms with Crippen molar-refractivity contribution in [1.29, 1.82) is 0 Å². The van der Waals surface area contributed by atoms with Gasteiger partial charge >= 0.3 is 0 Å². The summed E-state index contributed by atoms with van der Waals surface area (Å²) in [6.07, 6.45) is 7.20. The molecule has 31 heavy (non-hydrogen) atoms. The maximum atomic E-state index is 5.93. The van der Waals surface area contributed by atoms with E-state index in [4.69, 9.17) is 14.6 Å². The molecule has 1 aliphatic rings. The molecule has 1 saturated carbocycles. The van der Waals surface area contributed by atoms with Gasteiger partial charge in [-0.3, -0.25) is 9.67 Å². The van der Waals surface area contributed by atoms with E-state index >= 15 is 0 Å². The molecule has 2 aromatic rings. The molecule has 1 aromatic carbocycles. The van der Waals surface area contributed by atoms with Crippen LogP contribution in [-0.4, -0.2) is 42.6 Å². The van der Waals surface area contributed by atoms with E-state index in [9.17, 15) is 0 Å². The smallest absolute Gasteiger partial charge is 0.191 e. The van der Waals surface area contributed by atoms with Crippen LogP contribution in [0.15, 0.2) is 35.5 Å². The Morgan fingerprint density at radius 3 is 2.68 bits per heavy atom. The summed E-state index contributed by atoms with van der Waals surface area (Å²) < 4.78 is 13.4. The number of benzene rings is 1. The summed E-state index contributed by atoms with van der Waals surface area (Å²) in [7, 11) is 1.78. The lowest BCUT2D eigenvalue weighted by atomic mass is 10.1. The summed E-state index contributed by atoms with van der Waals surface area (Å²) in [4.78, 5) is 4.34. The lowest BCUT2D eigenvalue weighted by molar-refractivity contribution is 0.110. The van der Waals surface area contributed by atoms with Crippen molar-refractivity contribution in [1.82, 2.24) is 20.4 Å². The number of aryl methyl sites for hydroxylation is 1. The maximum absolute atomic E-state index is 5.93. The van der Waals surface area contributed by atoms with E-state index in [-0.39, 0.29) is 24.0 Å². The van der Waals surface area contributed by atoms with Crippen LogP contribution in [0.3, 0.4) is 0 Å². The third-order valence-corrected chi connectivity index (χ3v) is 5.38. The zero-order valence-electron chi connectivity index (χ0n) is 18.9. The first kappa shape index (κ1) is 25.5. The predicted molar refractivity (Wildman–Crippen MR) is 135 cm³/mol. The van der Waals surface area contributed by atoms with Crippen molar-refractivity contribution < 1.29 is 9.47 Å². The molecule has 0 bridgehead atoms. The predicted octanol–water partition coefficient (Wildman–Crippen LogP) is 4.21. The Morgan fingerprint density at radius 1 is 1.16 bits per heavy atom. The van der Waals surface area contributed by atoms with Gasteiger partial charge in [0, 0.05) is 32.0 Å². The minimum atomic E-state index is 0. The molecular formula is C23H36IN5O2. The molecule has 3 rings (SSSR count). The molecule has 0 unspecified atom stereocenters. The van der Waals surface area contributed by atoms with Crippen LogP contribution in [0.4, 0.5) is 0 Å². The lowest BCUT2D eigenvalue weighted by Gasteiger charge is -2.15. The second-order valence-electron chi connectivity index (χ2n) is 7.66. The van der Waals surface area contributed by atoms with Crippen LogP contribution in [0.5, 0.6) is 5.75 Å². The monoisotopic (exact) mass is 541 g/mol. The molecule has 172 valence electrons. The Hall–Kier alpha value is -1.81. The number of hydrogen-bond acceptors (Lipinski definition) is 4. The quantitative estimate of drug-likeness (QED) is 0.204. The zero-order chi connectivity index (χ0) is 21.2. The molecule has 8 heteroatoms. The average molecular weight is 541 g/mol. The topological polar surface area (TPSA) is 72.7 Å². The number of ether oxygens (including phenoxy) is 2. The molecule has 1 fully saturated rings. The number of nitrogens with zero attached hydrogens (tertiary/aromatic N) is 3. The minimum Gasteiger partial charge on any atom is -0.491 e. The first-order valence-electron chi connectivity index (χ1n) is 11.0. The molecule has 1 aliphatic carbocycles. The van der Waals surface area contributed by atoms with E-state index in [1.54, 1.807) is 7.05 Å². The Labute approximate surface area is 203 Å². The fourth-order valence-corrected chi connectivity index (χ4v) is 3.71. The Balaban J connectivity index is 0.00000341. The molecule has 2 N–H and O–H groups in total. The van der Waals surface area contributed by atoms with Crippen molar-refractivity contribution in [3.8, 4) is 5.75 Å². The molecule has 0 radical (unpaired) electrons. The van der Waals surface area contributed by atoms with Crippen LogP contribution >= 0.6 is 24.0 Å². The molecule has 1 heterocycles. The highest BCUT2D eigenvalue weighted by Gasteiger charge is 2.17. The molecular weight excluding hydrogens is 505 g/mol. The standard InChI is InChI=1S/C23H35N5O2.HI/c1-4-29-13-14-30-22-15-18(2)9-10-19(22)16-25-23(24-3)26-17-20-11-12-28(27-20)21-7-5-6-8-21;/h9-12,15,21H,4-8,13-14,16-17H2,1-3H3,(H2,24,25,26);1H. The molecule has 0 atom stereocenters. The first-order valence-corrected chi connectivity index (χ1v) is 11.0. The van der Waals surface area contributed by atoms with Crippen molar-refractivity contribution in [3.05, 3.63) is 47.3 Å². The highest BCUT2D eigenvalue weighted by atomic mass is 127. The summed E-state index contributed by atoms with van der Waals surface area (Å²) in [5, 5.41) is 11.5.